The van der Waals surface area contributed by atoms with E-state index in [0.29, 0.717) is 29.7 Å². The lowest BCUT2D eigenvalue weighted by molar-refractivity contribution is 0.287. The summed E-state index contributed by atoms with van der Waals surface area (Å²) in [7, 11) is 1.96. The summed E-state index contributed by atoms with van der Waals surface area (Å²) in [5.41, 5.74) is 1.10. The first-order chi connectivity index (χ1) is 9.72. The molecule has 4 nitrogen and oxygen atoms in total. The molecule has 0 fully saturated rings. The molecular formula is C15H27Cl3N2O2. The predicted molar refractivity (Wildman–Crippen MR) is 98.5 cm³/mol. The van der Waals surface area contributed by atoms with E-state index < -0.39 is 0 Å². The maximum absolute atomic E-state index is 6.27. The lowest BCUT2D eigenvalue weighted by Gasteiger charge is -2.14. The zero-order chi connectivity index (χ0) is 14.8. The van der Waals surface area contributed by atoms with E-state index in [-0.39, 0.29) is 24.8 Å². The van der Waals surface area contributed by atoms with Gasteiger partial charge in [-0.3, -0.25) is 0 Å². The Morgan fingerprint density at radius 2 is 1.73 bits per heavy atom. The molecule has 0 saturated heterocycles. The zero-order valence-electron chi connectivity index (χ0n) is 13.4. The second kappa shape index (κ2) is 14.2. The number of halogens is 3. The third-order valence-electron chi connectivity index (χ3n) is 2.77. The number of nitrogens with one attached hydrogen (secondary N) is 2. The largest absolute Gasteiger partial charge is 0.490 e. The lowest BCUT2D eigenvalue weighted by atomic mass is 10.2. The van der Waals surface area contributed by atoms with E-state index in [1.165, 1.54) is 0 Å². The Hall–Kier alpha value is -0.390. The number of hydrogen-bond donors (Lipinski definition) is 2. The minimum absolute atomic E-state index is 0. The minimum atomic E-state index is 0. The summed E-state index contributed by atoms with van der Waals surface area (Å²) in [4.78, 5) is 0. The van der Waals surface area contributed by atoms with E-state index in [1.54, 1.807) is 0 Å². The van der Waals surface area contributed by atoms with Crippen molar-refractivity contribution in [2.45, 2.75) is 26.8 Å². The highest BCUT2D eigenvalue weighted by molar-refractivity contribution is 6.32. The average molecular weight is 374 g/mol. The Labute approximate surface area is 151 Å². The van der Waals surface area contributed by atoms with Crippen LogP contribution in [0.4, 0.5) is 0 Å². The molecule has 0 spiro atoms. The fraction of sp³-hybridized carbons (Fsp3) is 0.600. The maximum atomic E-state index is 6.27. The van der Waals surface area contributed by atoms with Crippen LogP contribution in [0.2, 0.25) is 5.02 Å². The summed E-state index contributed by atoms with van der Waals surface area (Å²) in [6, 6.07) is 3.92. The maximum Gasteiger partial charge on any atom is 0.179 e. The summed E-state index contributed by atoms with van der Waals surface area (Å²) in [6.45, 7) is 7.80. The molecule has 130 valence electrons. The van der Waals surface area contributed by atoms with Crippen molar-refractivity contribution >= 4 is 36.4 Å². The molecular weight excluding hydrogens is 347 g/mol. The summed E-state index contributed by atoms with van der Waals surface area (Å²) in [6.07, 6.45) is 1.10. The van der Waals surface area contributed by atoms with Crippen LogP contribution >= 0.6 is 36.4 Å². The van der Waals surface area contributed by atoms with Crippen LogP contribution < -0.4 is 20.1 Å². The molecule has 0 aromatic heterocycles. The van der Waals surface area contributed by atoms with Crippen molar-refractivity contribution in [3.05, 3.63) is 22.7 Å². The summed E-state index contributed by atoms with van der Waals surface area (Å²) < 4.78 is 11.2. The van der Waals surface area contributed by atoms with Gasteiger partial charge in [0.25, 0.3) is 0 Å². The molecule has 0 amide bonds. The molecule has 0 unspecified atom stereocenters. The van der Waals surface area contributed by atoms with Gasteiger partial charge in [0.2, 0.25) is 0 Å². The van der Waals surface area contributed by atoms with Gasteiger partial charge in [-0.1, -0.05) is 11.6 Å². The normalized spacial score (nSPS) is 9.64. The first-order valence-corrected chi connectivity index (χ1v) is 7.54. The van der Waals surface area contributed by atoms with Gasteiger partial charge in [-0.25, -0.2) is 0 Å². The van der Waals surface area contributed by atoms with E-state index in [9.17, 15) is 0 Å². The van der Waals surface area contributed by atoms with Crippen molar-refractivity contribution in [1.82, 2.24) is 10.6 Å². The van der Waals surface area contributed by atoms with Crippen molar-refractivity contribution in [3.63, 3.8) is 0 Å². The van der Waals surface area contributed by atoms with E-state index in [4.69, 9.17) is 21.1 Å². The number of hydrogen-bond acceptors (Lipinski definition) is 4. The summed E-state index contributed by atoms with van der Waals surface area (Å²) >= 11 is 6.27. The Morgan fingerprint density at radius 1 is 1.05 bits per heavy atom. The Bertz CT molecular complexity index is 407. The molecule has 0 bridgehead atoms. The van der Waals surface area contributed by atoms with Crippen LogP contribution in [0.15, 0.2) is 12.1 Å². The molecule has 22 heavy (non-hydrogen) atoms. The first-order valence-electron chi connectivity index (χ1n) is 7.16. The van der Waals surface area contributed by atoms with Gasteiger partial charge in [0.15, 0.2) is 11.5 Å². The zero-order valence-corrected chi connectivity index (χ0v) is 15.8. The third kappa shape index (κ3) is 8.30. The van der Waals surface area contributed by atoms with Crippen LogP contribution in [0.25, 0.3) is 0 Å². The minimum Gasteiger partial charge on any atom is -0.490 e. The van der Waals surface area contributed by atoms with E-state index >= 15 is 0 Å². The van der Waals surface area contributed by atoms with Crippen molar-refractivity contribution in [3.8, 4) is 11.5 Å². The second-order valence-electron chi connectivity index (χ2n) is 4.40. The molecule has 2 N–H and O–H groups in total. The molecule has 7 heteroatoms. The highest BCUT2D eigenvalue weighted by atomic mass is 35.5. The molecule has 0 saturated carbocycles. The van der Waals surface area contributed by atoms with Crippen molar-refractivity contribution < 1.29 is 9.47 Å². The number of rotatable bonds is 10. The highest BCUT2D eigenvalue weighted by Crippen LogP contribution is 2.36. The number of benzene rings is 1. The van der Waals surface area contributed by atoms with Crippen LogP contribution in [-0.2, 0) is 6.54 Å². The van der Waals surface area contributed by atoms with E-state index in [1.807, 2.05) is 33.0 Å². The van der Waals surface area contributed by atoms with Crippen molar-refractivity contribution in [2.75, 3.05) is 33.4 Å². The highest BCUT2D eigenvalue weighted by Gasteiger charge is 2.11. The fourth-order valence-corrected chi connectivity index (χ4v) is 2.18. The molecule has 0 atom stereocenters. The molecule has 0 heterocycles. The SMILES string of the molecule is CCOc1cc(CNCCCNC)cc(Cl)c1OCC.Cl.Cl. The van der Waals surface area contributed by atoms with Gasteiger partial charge < -0.3 is 20.1 Å². The Balaban J connectivity index is 0. The van der Waals surface area contributed by atoms with Crippen molar-refractivity contribution in [2.24, 2.45) is 0 Å². The van der Waals surface area contributed by atoms with Crippen molar-refractivity contribution in [1.29, 1.82) is 0 Å². The van der Waals surface area contributed by atoms with Crippen LogP contribution in [0.3, 0.4) is 0 Å². The second-order valence-corrected chi connectivity index (χ2v) is 4.81. The van der Waals surface area contributed by atoms with Gasteiger partial charge in [0.1, 0.15) is 0 Å². The van der Waals surface area contributed by atoms with E-state index in [2.05, 4.69) is 10.6 Å². The topological polar surface area (TPSA) is 42.5 Å². The van der Waals surface area contributed by atoms with E-state index in [0.717, 1.165) is 31.6 Å². The van der Waals surface area contributed by atoms with Crippen LogP contribution in [0.1, 0.15) is 25.8 Å². The van der Waals surface area contributed by atoms with Gasteiger partial charge in [-0.05, 0) is 58.1 Å². The first kappa shape index (κ1) is 23.9. The molecule has 0 aliphatic rings. The molecule has 1 rings (SSSR count). The molecule has 1 aromatic rings. The summed E-state index contributed by atoms with van der Waals surface area (Å²) in [5, 5.41) is 7.12. The lowest BCUT2D eigenvalue weighted by Crippen LogP contribution is -2.19. The van der Waals surface area contributed by atoms with Gasteiger partial charge in [0.05, 0.1) is 18.2 Å². The van der Waals surface area contributed by atoms with Gasteiger partial charge in [-0.15, -0.1) is 24.8 Å². The summed E-state index contributed by atoms with van der Waals surface area (Å²) in [5.74, 6) is 1.35. The van der Waals surface area contributed by atoms with Crippen LogP contribution in [0, 0.1) is 0 Å². The van der Waals surface area contributed by atoms with Gasteiger partial charge in [-0.2, -0.15) is 0 Å². The monoisotopic (exact) mass is 372 g/mol. The number of ether oxygens (including phenoxy) is 2. The average Bonchev–Trinajstić information content (AvgIpc) is 2.43. The molecule has 0 aliphatic carbocycles. The standard InChI is InChI=1S/C15H25ClN2O2.2ClH/c1-4-19-14-10-12(11-18-8-6-7-17-3)9-13(16)15(14)20-5-2;;/h9-10,17-18H,4-8,11H2,1-3H3;2*1H. The van der Waals surface area contributed by atoms with Gasteiger partial charge >= 0.3 is 0 Å². The molecule has 1 aromatic carbocycles. The quantitative estimate of drug-likeness (QED) is 0.614. The van der Waals surface area contributed by atoms with Crippen LogP contribution in [-0.4, -0.2) is 33.4 Å². The Morgan fingerprint density at radius 3 is 2.32 bits per heavy atom. The smallest absolute Gasteiger partial charge is 0.179 e. The predicted octanol–water partition coefficient (Wildman–Crippen LogP) is 3.68. The van der Waals surface area contributed by atoms with Crippen LogP contribution in [0.5, 0.6) is 11.5 Å². The Kier molecular flexibility index (Phi) is 15.4. The molecule has 0 aliphatic heterocycles. The molecule has 0 radical (unpaired) electrons. The third-order valence-corrected chi connectivity index (χ3v) is 3.05. The van der Waals surface area contributed by atoms with Gasteiger partial charge in [0, 0.05) is 6.54 Å². The fourth-order valence-electron chi connectivity index (χ4n) is 1.89.